The van der Waals surface area contributed by atoms with E-state index in [4.69, 9.17) is 0 Å². The molecule has 2 nitrogen and oxygen atoms in total. The first-order valence-electron chi connectivity index (χ1n) is 6.51. The fraction of sp³-hybridized carbons (Fsp3) is 0.111. The number of hydrogen-bond acceptors (Lipinski definition) is 2. The predicted molar refractivity (Wildman–Crippen MR) is 80.2 cm³/mol. The number of ketones is 1. The largest absolute Gasteiger partial charge is 0.289 e. The maximum atomic E-state index is 12.0. The normalized spacial score (nSPS) is 16.6. The van der Waals surface area contributed by atoms with Crippen LogP contribution in [0.2, 0.25) is 0 Å². The van der Waals surface area contributed by atoms with Gasteiger partial charge in [-0.1, -0.05) is 54.1 Å². The highest BCUT2D eigenvalue weighted by atomic mass is 16.2. The molecule has 0 bridgehead atoms. The van der Waals surface area contributed by atoms with Gasteiger partial charge in [-0.25, -0.2) is 0 Å². The van der Waals surface area contributed by atoms with E-state index in [1.165, 1.54) is 6.29 Å². The van der Waals surface area contributed by atoms with Crippen LogP contribution in [-0.4, -0.2) is 12.1 Å². The Morgan fingerprint density at radius 2 is 2.00 bits per heavy atom. The zero-order valence-electron chi connectivity index (χ0n) is 10.9. The minimum Gasteiger partial charge on any atom is -0.289 e. The van der Waals surface area contributed by atoms with Crippen molar-refractivity contribution in [3.63, 3.8) is 0 Å². The van der Waals surface area contributed by atoms with Gasteiger partial charge in [0.2, 0.25) is 5.78 Å². The van der Waals surface area contributed by atoms with Crippen molar-refractivity contribution >= 4 is 28.9 Å². The molecule has 97 valence electrons. The summed E-state index contributed by atoms with van der Waals surface area (Å²) in [5.74, 6) is -1.04. The molecular weight excluding hydrogens is 248 g/mol. The monoisotopic (exact) mass is 261 g/mol. The Bertz CT molecular complexity index is 748. The molecule has 1 unspecified atom stereocenters. The Labute approximate surface area is 117 Å². The smallest absolute Gasteiger partial charge is 0.273 e. The molecule has 1 radical (unpaired) electrons. The summed E-state index contributed by atoms with van der Waals surface area (Å²) in [7, 11) is 0. The minimum atomic E-state index is -0.524. The number of hydrogen-bond donors (Lipinski definition) is 0. The molecule has 1 aliphatic carbocycles. The quantitative estimate of drug-likeness (QED) is 0.622. The lowest BCUT2D eigenvalue weighted by molar-refractivity contribution is -0.113. The van der Waals surface area contributed by atoms with Gasteiger partial charge in [0.15, 0.2) is 0 Å². The molecule has 0 aromatic heterocycles. The third-order valence-electron chi connectivity index (χ3n) is 3.73. The fourth-order valence-corrected chi connectivity index (χ4v) is 2.96. The van der Waals surface area contributed by atoms with Crippen molar-refractivity contribution < 1.29 is 9.59 Å². The van der Waals surface area contributed by atoms with Crippen LogP contribution >= 0.6 is 0 Å². The first kappa shape index (κ1) is 12.5. The predicted octanol–water partition coefficient (Wildman–Crippen LogP) is 3.58. The van der Waals surface area contributed by atoms with Gasteiger partial charge in [-0.05, 0) is 28.3 Å². The number of rotatable bonds is 4. The summed E-state index contributed by atoms with van der Waals surface area (Å²) < 4.78 is 0. The molecule has 0 saturated heterocycles. The third kappa shape index (κ3) is 1.81. The number of benzene rings is 2. The number of Topliss-reactive ketones (excluding diaryl/α,β-unsaturated/α-hetero) is 1. The van der Waals surface area contributed by atoms with Crippen LogP contribution in [0.1, 0.15) is 23.5 Å². The average molecular weight is 261 g/mol. The SMILES string of the molecule is C=CCC1=Cc2cccc3cccc(c23)C1C(=O)[C]=O. The van der Waals surface area contributed by atoms with Crippen LogP contribution in [0, 0.1) is 0 Å². The van der Waals surface area contributed by atoms with E-state index in [0.717, 1.165) is 27.5 Å². The molecule has 0 heterocycles. The van der Waals surface area contributed by atoms with E-state index in [1.54, 1.807) is 6.08 Å². The van der Waals surface area contributed by atoms with E-state index < -0.39 is 11.7 Å². The highest BCUT2D eigenvalue weighted by molar-refractivity contribution is 6.30. The molecule has 2 aromatic carbocycles. The van der Waals surface area contributed by atoms with Crippen LogP contribution in [0.5, 0.6) is 0 Å². The Kier molecular flexibility index (Phi) is 3.07. The van der Waals surface area contributed by atoms with Gasteiger partial charge in [-0.2, -0.15) is 0 Å². The van der Waals surface area contributed by atoms with Crippen LogP contribution < -0.4 is 0 Å². The number of allylic oxidation sites excluding steroid dienone is 2. The van der Waals surface area contributed by atoms with Crippen LogP contribution in [0.25, 0.3) is 16.8 Å². The molecule has 1 aliphatic rings. The molecule has 2 heteroatoms. The van der Waals surface area contributed by atoms with E-state index in [9.17, 15) is 9.59 Å². The highest BCUT2D eigenvalue weighted by Gasteiger charge is 2.29. The summed E-state index contributed by atoms with van der Waals surface area (Å²) in [6, 6.07) is 11.9. The lowest BCUT2D eigenvalue weighted by atomic mass is 9.78. The molecule has 0 aliphatic heterocycles. The maximum absolute atomic E-state index is 12.0. The number of carbonyl (C=O) groups excluding carboxylic acids is 2. The second kappa shape index (κ2) is 4.89. The van der Waals surface area contributed by atoms with Crippen molar-refractivity contribution in [1.82, 2.24) is 0 Å². The zero-order chi connectivity index (χ0) is 14.1. The second-order valence-electron chi connectivity index (χ2n) is 4.90. The lowest BCUT2D eigenvalue weighted by Gasteiger charge is -2.24. The lowest BCUT2D eigenvalue weighted by Crippen LogP contribution is -2.18. The summed E-state index contributed by atoms with van der Waals surface area (Å²) in [5.41, 5.74) is 2.88. The average Bonchev–Trinajstić information content (AvgIpc) is 2.47. The van der Waals surface area contributed by atoms with E-state index >= 15 is 0 Å². The van der Waals surface area contributed by atoms with Gasteiger partial charge in [0.05, 0.1) is 5.92 Å². The topological polar surface area (TPSA) is 34.1 Å². The van der Waals surface area contributed by atoms with Crippen molar-refractivity contribution in [2.45, 2.75) is 12.3 Å². The van der Waals surface area contributed by atoms with E-state index in [0.29, 0.717) is 6.42 Å². The molecule has 0 spiro atoms. The molecule has 0 amide bonds. The van der Waals surface area contributed by atoms with Gasteiger partial charge in [0, 0.05) is 0 Å². The van der Waals surface area contributed by atoms with Crippen molar-refractivity contribution in [2.75, 3.05) is 0 Å². The fourth-order valence-electron chi connectivity index (χ4n) is 2.96. The molecule has 0 saturated carbocycles. The highest BCUT2D eigenvalue weighted by Crippen LogP contribution is 2.40. The molecule has 2 aromatic rings. The van der Waals surface area contributed by atoms with Gasteiger partial charge >= 0.3 is 0 Å². The van der Waals surface area contributed by atoms with Gasteiger partial charge in [-0.3, -0.25) is 9.59 Å². The van der Waals surface area contributed by atoms with Crippen molar-refractivity contribution in [2.24, 2.45) is 0 Å². The van der Waals surface area contributed by atoms with Crippen LogP contribution in [-0.2, 0) is 9.59 Å². The summed E-state index contributed by atoms with van der Waals surface area (Å²) in [6.07, 6.45) is 5.87. The standard InChI is InChI=1S/C18H13O2/c1-2-5-13-10-14-8-3-6-12-7-4-9-15(17(12)14)18(13)16(20)11-19/h2-4,6-10,18H,1,5H2. The Morgan fingerprint density at radius 3 is 2.70 bits per heavy atom. The molecule has 0 N–H and O–H groups in total. The summed E-state index contributed by atoms with van der Waals surface area (Å²) in [5, 5.41) is 2.13. The van der Waals surface area contributed by atoms with E-state index in [-0.39, 0.29) is 0 Å². The zero-order valence-corrected chi connectivity index (χ0v) is 10.9. The van der Waals surface area contributed by atoms with Gasteiger partial charge < -0.3 is 0 Å². The number of carbonyl (C=O) groups is 1. The Morgan fingerprint density at radius 1 is 1.25 bits per heavy atom. The molecule has 20 heavy (non-hydrogen) atoms. The first-order valence-corrected chi connectivity index (χ1v) is 6.51. The third-order valence-corrected chi connectivity index (χ3v) is 3.73. The Balaban J connectivity index is 2.33. The molecule has 1 atom stereocenters. The van der Waals surface area contributed by atoms with Gasteiger partial charge in [0.25, 0.3) is 6.29 Å². The molecule has 0 fully saturated rings. The van der Waals surface area contributed by atoms with E-state index in [2.05, 4.69) is 6.58 Å². The van der Waals surface area contributed by atoms with Gasteiger partial charge in [-0.15, -0.1) is 6.58 Å². The van der Waals surface area contributed by atoms with E-state index in [1.807, 2.05) is 42.5 Å². The summed E-state index contributed by atoms with van der Waals surface area (Å²) in [4.78, 5) is 22.9. The maximum Gasteiger partial charge on any atom is 0.273 e. The van der Waals surface area contributed by atoms with Crippen LogP contribution in [0.15, 0.2) is 54.6 Å². The van der Waals surface area contributed by atoms with Crippen molar-refractivity contribution in [3.8, 4) is 0 Å². The van der Waals surface area contributed by atoms with Crippen molar-refractivity contribution in [3.05, 3.63) is 65.8 Å². The minimum absolute atomic E-state index is 0.514. The summed E-state index contributed by atoms with van der Waals surface area (Å²) >= 11 is 0. The molecule has 3 rings (SSSR count). The first-order chi connectivity index (χ1) is 9.76. The van der Waals surface area contributed by atoms with Crippen LogP contribution in [0.4, 0.5) is 0 Å². The Hall–Kier alpha value is -2.48. The van der Waals surface area contributed by atoms with Gasteiger partial charge in [0.1, 0.15) is 0 Å². The second-order valence-corrected chi connectivity index (χ2v) is 4.90. The van der Waals surface area contributed by atoms with Crippen LogP contribution in [0.3, 0.4) is 0 Å². The summed E-state index contributed by atoms with van der Waals surface area (Å²) in [6.45, 7) is 3.73. The molecular formula is C18H13O2. The van der Waals surface area contributed by atoms with Crippen molar-refractivity contribution in [1.29, 1.82) is 0 Å².